The number of pyridine rings is 1. The third-order valence-electron chi connectivity index (χ3n) is 8.08. The van der Waals surface area contributed by atoms with E-state index in [1.807, 2.05) is 31.3 Å². The van der Waals surface area contributed by atoms with Gasteiger partial charge in [0.15, 0.2) is 5.82 Å². The van der Waals surface area contributed by atoms with E-state index in [-0.39, 0.29) is 11.1 Å². The zero-order chi connectivity index (χ0) is 26.2. The number of hydrogen-bond acceptors (Lipinski definition) is 7. The SMILES string of the molecule is CCN1CCN(Cc2ccc(Nc3ncc(F)c(-c4cc(C)c5c(c4)C(C)(CC)C(C)=N5)n3)nc2)CC1. The van der Waals surface area contributed by atoms with E-state index in [9.17, 15) is 4.39 Å². The summed E-state index contributed by atoms with van der Waals surface area (Å²) in [6.45, 7) is 17.0. The molecule has 5 rings (SSSR count). The first-order chi connectivity index (χ1) is 17.8. The van der Waals surface area contributed by atoms with Gasteiger partial charge in [0.1, 0.15) is 11.5 Å². The molecular formula is C29H36FN7. The molecular weight excluding hydrogens is 465 g/mol. The first kappa shape index (κ1) is 25.4. The molecule has 37 heavy (non-hydrogen) atoms. The van der Waals surface area contributed by atoms with E-state index in [0.717, 1.165) is 73.8 Å². The first-order valence-electron chi connectivity index (χ1n) is 13.2. The summed E-state index contributed by atoms with van der Waals surface area (Å²) in [6, 6.07) is 7.99. The van der Waals surface area contributed by atoms with Crippen LogP contribution in [0.5, 0.6) is 0 Å². The molecule has 0 saturated carbocycles. The molecule has 2 aromatic heterocycles. The number of rotatable bonds is 7. The van der Waals surface area contributed by atoms with Crippen LogP contribution in [-0.4, -0.2) is 63.2 Å². The second-order valence-electron chi connectivity index (χ2n) is 10.3. The Morgan fingerprint density at radius 1 is 1.00 bits per heavy atom. The molecule has 1 fully saturated rings. The number of fused-ring (bicyclic) bond motifs is 1. The maximum absolute atomic E-state index is 14.9. The van der Waals surface area contributed by atoms with Crippen molar-refractivity contribution in [2.75, 3.05) is 38.0 Å². The van der Waals surface area contributed by atoms with E-state index in [4.69, 9.17) is 4.99 Å². The molecule has 1 atom stereocenters. The van der Waals surface area contributed by atoms with Crippen LogP contribution in [0.3, 0.4) is 0 Å². The highest BCUT2D eigenvalue weighted by Gasteiger charge is 2.36. The highest BCUT2D eigenvalue weighted by atomic mass is 19.1. The van der Waals surface area contributed by atoms with Gasteiger partial charge in [0.2, 0.25) is 5.95 Å². The van der Waals surface area contributed by atoms with Crippen molar-refractivity contribution < 1.29 is 4.39 Å². The van der Waals surface area contributed by atoms with E-state index in [0.29, 0.717) is 11.8 Å². The van der Waals surface area contributed by atoms with Gasteiger partial charge in [0.05, 0.1) is 11.9 Å². The summed E-state index contributed by atoms with van der Waals surface area (Å²) in [7, 11) is 0. The summed E-state index contributed by atoms with van der Waals surface area (Å²) in [6.07, 6.45) is 4.03. The number of nitrogens with zero attached hydrogens (tertiary/aromatic N) is 6. The van der Waals surface area contributed by atoms with Crippen molar-refractivity contribution in [3.8, 4) is 11.3 Å². The molecule has 7 nitrogen and oxygen atoms in total. The predicted molar refractivity (Wildman–Crippen MR) is 147 cm³/mol. The lowest BCUT2D eigenvalue weighted by Gasteiger charge is -2.33. The Bertz CT molecular complexity index is 1310. The lowest BCUT2D eigenvalue weighted by molar-refractivity contribution is 0.132. The number of anilines is 2. The summed E-state index contributed by atoms with van der Waals surface area (Å²) in [5.74, 6) is 0.492. The molecule has 1 unspecified atom stereocenters. The average Bonchev–Trinajstić information content (AvgIpc) is 3.17. The Kier molecular flexibility index (Phi) is 7.05. The molecule has 0 bridgehead atoms. The Morgan fingerprint density at radius 3 is 2.43 bits per heavy atom. The van der Waals surface area contributed by atoms with Gasteiger partial charge in [-0.15, -0.1) is 0 Å². The molecule has 2 aliphatic rings. The van der Waals surface area contributed by atoms with Crippen molar-refractivity contribution in [1.29, 1.82) is 0 Å². The summed E-state index contributed by atoms with van der Waals surface area (Å²) < 4.78 is 14.9. The Balaban J connectivity index is 1.33. The maximum Gasteiger partial charge on any atom is 0.229 e. The second-order valence-corrected chi connectivity index (χ2v) is 10.3. The highest BCUT2D eigenvalue weighted by Crippen LogP contribution is 2.46. The number of aryl methyl sites for hydroxylation is 1. The molecule has 3 aromatic rings. The van der Waals surface area contributed by atoms with Crippen LogP contribution in [0.25, 0.3) is 11.3 Å². The third kappa shape index (κ3) is 5.00. The minimum atomic E-state index is -0.454. The van der Waals surface area contributed by atoms with E-state index < -0.39 is 5.82 Å². The molecule has 2 aliphatic heterocycles. The van der Waals surface area contributed by atoms with Gasteiger partial charge >= 0.3 is 0 Å². The van der Waals surface area contributed by atoms with Gasteiger partial charge in [-0.2, -0.15) is 0 Å². The Morgan fingerprint density at radius 2 is 1.76 bits per heavy atom. The van der Waals surface area contributed by atoms with Crippen LogP contribution in [0.4, 0.5) is 21.8 Å². The number of benzene rings is 1. The van der Waals surface area contributed by atoms with Crippen LogP contribution in [0.1, 0.15) is 50.8 Å². The number of likely N-dealkylation sites (N-methyl/N-ethyl adjacent to an activating group) is 1. The highest BCUT2D eigenvalue weighted by molar-refractivity contribution is 6.01. The number of aromatic nitrogens is 3. The molecule has 1 aromatic carbocycles. The molecule has 194 valence electrons. The van der Waals surface area contributed by atoms with Crippen LogP contribution >= 0.6 is 0 Å². The van der Waals surface area contributed by atoms with Crippen LogP contribution in [0, 0.1) is 12.7 Å². The quantitative estimate of drug-likeness (QED) is 0.452. The fraction of sp³-hybridized carbons (Fsp3) is 0.448. The zero-order valence-electron chi connectivity index (χ0n) is 22.5. The van der Waals surface area contributed by atoms with E-state index >= 15 is 0 Å². The van der Waals surface area contributed by atoms with Gasteiger partial charge in [-0.25, -0.2) is 19.3 Å². The normalized spacial score (nSPS) is 20.1. The van der Waals surface area contributed by atoms with Crippen molar-refractivity contribution in [3.63, 3.8) is 0 Å². The number of halogens is 1. The summed E-state index contributed by atoms with van der Waals surface area (Å²) >= 11 is 0. The minimum Gasteiger partial charge on any atom is -0.309 e. The van der Waals surface area contributed by atoms with E-state index in [1.54, 1.807) is 0 Å². The fourth-order valence-electron chi connectivity index (χ4n) is 5.28. The van der Waals surface area contributed by atoms with Gasteiger partial charge in [-0.05, 0) is 61.7 Å². The topological polar surface area (TPSA) is 69.5 Å². The van der Waals surface area contributed by atoms with Gasteiger partial charge in [-0.1, -0.05) is 26.8 Å². The van der Waals surface area contributed by atoms with Gasteiger partial charge in [0.25, 0.3) is 0 Å². The molecule has 8 heteroatoms. The smallest absolute Gasteiger partial charge is 0.229 e. The number of nitrogens with one attached hydrogen (secondary N) is 1. The van der Waals surface area contributed by atoms with Crippen molar-refractivity contribution in [1.82, 2.24) is 24.8 Å². The van der Waals surface area contributed by atoms with E-state index in [2.05, 4.69) is 63.8 Å². The third-order valence-corrected chi connectivity index (χ3v) is 8.08. The standard InChI is InChI=1S/C29H36FN7/c1-6-29(5)20(4)33-26-19(3)14-22(15-23(26)29)27-24(30)17-32-28(35-27)34-25-9-8-21(16-31-25)18-37-12-10-36(7-2)11-13-37/h8-9,14-17H,6-7,10-13,18H2,1-5H3,(H,31,32,34,35). The monoisotopic (exact) mass is 501 g/mol. The van der Waals surface area contributed by atoms with Crippen molar-refractivity contribution >= 4 is 23.2 Å². The summed E-state index contributed by atoms with van der Waals surface area (Å²) in [5.41, 5.74) is 6.25. The summed E-state index contributed by atoms with van der Waals surface area (Å²) in [4.78, 5) is 23.0. The molecule has 4 heterocycles. The number of piperazine rings is 1. The lowest BCUT2D eigenvalue weighted by atomic mass is 9.76. The Labute approximate surface area is 218 Å². The molecule has 0 aliphatic carbocycles. The predicted octanol–water partition coefficient (Wildman–Crippen LogP) is 5.64. The van der Waals surface area contributed by atoms with Crippen molar-refractivity contribution in [3.05, 3.63) is 59.2 Å². The van der Waals surface area contributed by atoms with Gasteiger partial charge < -0.3 is 10.2 Å². The van der Waals surface area contributed by atoms with Gasteiger partial charge in [-0.3, -0.25) is 9.89 Å². The molecule has 0 radical (unpaired) electrons. The number of hydrogen-bond donors (Lipinski definition) is 1. The van der Waals surface area contributed by atoms with Gasteiger partial charge in [0, 0.05) is 55.6 Å². The zero-order valence-corrected chi connectivity index (χ0v) is 22.5. The molecule has 0 amide bonds. The van der Waals surface area contributed by atoms with Crippen molar-refractivity contribution in [2.45, 2.75) is 53.0 Å². The number of aliphatic imine (C=N–C) groups is 1. The second kappa shape index (κ2) is 10.3. The fourth-order valence-corrected chi connectivity index (χ4v) is 5.28. The van der Waals surface area contributed by atoms with Crippen LogP contribution in [0.2, 0.25) is 0 Å². The molecule has 1 N–H and O–H groups in total. The molecule has 0 spiro atoms. The summed E-state index contributed by atoms with van der Waals surface area (Å²) in [5, 5.41) is 3.14. The van der Waals surface area contributed by atoms with E-state index in [1.165, 1.54) is 11.8 Å². The largest absolute Gasteiger partial charge is 0.309 e. The van der Waals surface area contributed by atoms with Crippen LogP contribution < -0.4 is 5.32 Å². The minimum absolute atomic E-state index is 0.157. The van der Waals surface area contributed by atoms with Crippen LogP contribution in [-0.2, 0) is 12.0 Å². The lowest BCUT2D eigenvalue weighted by Crippen LogP contribution is -2.45. The maximum atomic E-state index is 14.9. The van der Waals surface area contributed by atoms with Crippen molar-refractivity contribution in [2.24, 2.45) is 4.99 Å². The average molecular weight is 502 g/mol. The van der Waals surface area contributed by atoms with Crippen LogP contribution in [0.15, 0.2) is 41.7 Å². The first-order valence-corrected chi connectivity index (χ1v) is 13.2. The molecule has 1 saturated heterocycles. The Hall–Kier alpha value is -3.23.